The molecular weight excluding hydrogens is 334 g/mol. The molecule has 2 aromatic carbocycles. The quantitative estimate of drug-likeness (QED) is 0.799. The van der Waals surface area contributed by atoms with Crippen molar-refractivity contribution in [2.75, 3.05) is 5.32 Å². The Labute approximate surface area is 149 Å². The number of hydrogen-bond acceptors (Lipinski definition) is 4. The number of benzene rings is 2. The van der Waals surface area contributed by atoms with Crippen LogP contribution >= 0.6 is 0 Å². The number of nitrogens with zero attached hydrogens (tertiary/aromatic N) is 1. The summed E-state index contributed by atoms with van der Waals surface area (Å²) in [5.41, 5.74) is 7.28. The maximum Gasteiger partial charge on any atom is 0.255 e. The van der Waals surface area contributed by atoms with Crippen LogP contribution in [0.2, 0.25) is 0 Å². The number of likely N-dealkylation sites (tertiary alicyclic amines) is 1. The molecule has 26 heavy (non-hydrogen) atoms. The topological polar surface area (TPSA) is 110 Å². The summed E-state index contributed by atoms with van der Waals surface area (Å²) in [6.45, 7) is 0.216. The van der Waals surface area contributed by atoms with Crippen LogP contribution in [0.4, 0.5) is 5.69 Å². The van der Waals surface area contributed by atoms with E-state index in [1.54, 1.807) is 36.4 Å². The van der Waals surface area contributed by atoms with E-state index in [4.69, 9.17) is 5.73 Å². The summed E-state index contributed by atoms with van der Waals surface area (Å²) in [6.07, 6.45) is 0.516. The van der Waals surface area contributed by atoms with Gasteiger partial charge in [0.05, 0.1) is 6.54 Å². The van der Waals surface area contributed by atoms with E-state index in [1.165, 1.54) is 17.0 Å². The average Bonchev–Trinajstić information content (AvgIpc) is 2.94. The number of imide groups is 1. The van der Waals surface area contributed by atoms with Crippen molar-refractivity contribution >= 4 is 29.3 Å². The predicted octanol–water partition coefficient (Wildman–Crippen LogP) is 1.69. The van der Waals surface area contributed by atoms with Crippen LogP contribution in [0.25, 0.3) is 0 Å². The summed E-state index contributed by atoms with van der Waals surface area (Å²) in [7, 11) is 0. The number of carbonyl (C=O) groups excluding carboxylic acids is 4. The van der Waals surface area contributed by atoms with Gasteiger partial charge in [-0.05, 0) is 42.0 Å². The van der Waals surface area contributed by atoms with Crippen LogP contribution in [0.5, 0.6) is 0 Å². The van der Waals surface area contributed by atoms with Gasteiger partial charge in [-0.3, -0.25) is 24.1 Å². The third-order valence-electron chi connectivity index (χ3n) is 4.14. The maximum absolute atomic E-state index is 12.3. The Morgan fingerprint density at radius 1 is 0.885 bits per heavy atom. The first kappa shape index (κ1) is 17.3. The molecular formula is C19H17N3O4. The SMILES string of the molecule is NC(=O)c1ccc(NC(=O)c2ccc(CN3C(=O)CCC3=O)cc2)cc1. The molecule has 7 heteroatoms. The fourth-order valence-electron chi connectivity index (χ4n) is 2.66. The van der Waals surface area contributed by atoms with E-state index in [-0.39, 0.29) is 37.1 Å². The highest BCUT2D eigenvalue weighted by Gasteiger charge is 2.28. The van der Waals surface area contributed by atoms with Crippen LogP contribution in [0, 0.1) is 0 Å². The average molecular weight is 351 g/mol. The summed E-state index contributed by atoms with van der Waals surface area (Å²) in [6, 6.07) is 12.9. The Balaban J connectivity index is 1.64. The summed E-state index contributed by atoms with van der Waals surface area (Å²) < 4.78 is 0. The third-order valence-corrected chi connectivity index (χ3v) is 4.14. The number of carbonyl (C=O) groups is 4. The molecule has 0 aliphatic carbocycles. The molecule has 7 nitrogen and oxygen atoms in total. The minimum absolute atomic E-state index is 0.170. The third kappa shape index (κ3) is 3.77. The molecule has 0 bridgehead atoms. The molecule has 2 aromatic rings. The zero-order chi connectivity index (χ0) is 18.7. The minimum atomic E-state index is -0.534. The maximum atomic E-state index is 12.3. The number of anilines is 1. The van der Waals surface area contributed by atoms with Crippen LogP contribution in [-0.2, 0) is 16.1 Å². The Kier molecular flexibility index (Phi) is 4.79. The van der Waals surface area contributed by atoms with Crippen molar-refractivity contribution in [3.63, 3.8) is 0 Å². The molecule has 3 N–H and O–H groups in total. The molecule has 3 rings (SSSR count). The van der Waals surface area contributed by atoms with Crippen LogP contribution < -0.4 is 11.1 Å². The van der Waals surface area contributed by atoms with E-state index in [2.05, 4.69) is 5.32 Å². The van der Waals surface area contributed by atoms with Gasteiger partial charge in [0.15, 0.2) is 0 Å². The van der Waals surface area contributed by atoms with E-state index >= 15 is 0 Å². The van der Waals surface area contributed by atoms with E-state index in [0.717, 1.165) is 5.56 Å². The largest absolute Gasteiger partial charge is 0.366 e. The molecule has 1 heterocycles. The zero-order valence-corrected chi connectivity index (χ0v) is 13.9. The number of nitrogens with one attached hydrogen (secondary N) is 1. The lowest BCUT2D eigenvalue weighted by molar-refractivity contribution is -0.139. The fourth-order valence-corrected chi connectivity index (χ4v) is 2.66. The van der Waals surface area contributed by atoms with Crippen LogP contribution in [0.15, 0.2) is 48.5 Å². The smallest absolute Gasteiger partial charge is 0.255 e. The molecule has 132 valence electrons. The van der Waals surface area contributed by atoms with E-state index in [9.17, 15) is 19.2 Å². The highest BCUT2D eigenvalue weighted by Crippen LogP contribution is 2.17. The van der Waals surface area contributed by atoms with Crippen LogP contribution in [0.3, 0.4) is 0 Å². The predicted molar refractivity (Wildman–Crippen MR) is 94.1 cm³/mol. The van der Waals surface area contributed by atoms with Gasteiger partial charge < -0.3 is 11.1 Å². The monoisotopic (exact) mass is 351 g/mol. The van der Waals surface area contributed by atoms with Crippen molar-refractivity contribution in [1.82, 2.24) is 4.90 Å². The second-order valence-corrected chi connectivity index (χ2v) is 5.97. The lowest BCUT2D eigenvalue weighted by Crippen LogP contribution is -2.28. The van der Waals surface area contributed by atoms with Crippen molar-refractivity contribution in [3.05, 3.63) is 65.2 Å². The van der Waals surface area contributed by atoms with Crippen molar-refractivity contribution in [3.8, 4) is 0 Å². The van der Waals surface area contributed by atoms with E-state index in [0.29, 0.717) is 16.8 Å². The van der Waals surface area contributed by atoms with Gasteiger partial charge in [-0.2, -0.15) is 0 Å². The highest BCUT2D eigenvalue weighted by molar-refractivity contribution is 6.04. The molecule has 0 saturated carbocycles. The molecule has 0 radical (unpaired) electrons. The molecule has 0 unspecified atom stereocenters. The second kappa shape index (κ2) is 7.18. The van der Waals surface area contributed by atoms with Crippen molar-refractivity contribution in [2.45, 2.75) is 19.4 Å². The number of amides is 4. The number of nitrogens with two attached hydrogens (primary N) is 1. The molecule has 1 fully saturated rings. The summed E-state index contributed by atoms with van der Waals surface area (Å²) in [5, 5.41) is 2.72. The summed E-state index contributed by atoms with van der Waals surface area (Å²) >= 11 is 0. The van der Waals surface area contributed by atoms with Gasteiger partial charge in [-0.1, -0.05) is 12.1 Å². The Morgan fingerprint density at radius 2 is 1.42 bits per heavy atom. The first-order chi connectivity index (χ1) is 12.4. The van der Waals surface area contributed by atoms with E-state index in [1.807, 2.05) is 0 Å². The lowest BCUT2D eigenvalue weighted by Gasteiger charge is -2.14. The van der Waals surface area contributed by atoms with Gasteiger partial charge >= 0.3 is 0 Å². The second-order valence-electron chi connectivity index (χ2n) is 5.97. The first-order valence-electron chi connectivity index (χ1n) is 8.07. The standard InChI is InChI=1S/C19H17N3O4/c20-18(25)13-5-7-15(8-6-13)21-19(26)14-3-1-12(2-4-14)11-22-16(23)9-10-17(22)24/h1-8H,9-11H2,(H2,20,25)(H,21,26). The minimum Gasteiger partial charge on any atom is -0.366 e. The molecule has 0 atom stereocenters. The van der Waals surface area contributed by atoms with Gasteiger partial charge in [0, 0.05) is 29.7 Å². The summed E-state index contributed by atoms with van der Waals surface area (Å²) in [4.78, 5) is 47.8. The highest BCUT2D eigenvalue weighted by atomic mass is 16.2. The van der Waals surface area contributed by atoms with E-state index < -0.39 is 5.91 Å². The Morgan fingerprint density at radius 3 is 1.96 bits per heavy atom. The molecule has 1 aliphatic rings. The Hall–Kier alpha value is -3.48. The van der Waals surface area contributed by atoms with Gasteiger partial charge in [0.2, 0.25) is 17.7 Å². The summed E-state index contributed by atoms with van der Waals surface area (Å²) in [5.74, 6) is -1.18. The normalized spacial score (nSPS) is 13.8. The molecule has 1 aliphatic heterocycles. The van der Waals surface area contributed by atoms with Crippen molar-refractivity contribution < 1.29 is 19.2 Å². The molecule has 0 spiro atoms. The van der Waals surface area contributed by atoms with Gasteiger partial charge in [-0.15, -0.1) is 0 Å². The van der Waals surface area contributed by atoms with Gasteiger partial charge in [-0.25, -0.2) is 0 Å². The number of hydrogen-bond donors (Lipinski definition) is 2. The van der Waals surface area contributed by atoms with Gasteiger partial charge in [0.1, 0.15) is 0 Å². The van der Waals surface area contributed by atoms with Crippen LogP contribution in [-0.4, -0.2) is 28.5 Å². The van der Waals surface area contributed by atoms with Crippen molar-refractivity contribution in [2.24, 2.45) is 5.73 Å². The fraction of sp³-hybridized carbons (Fsp3) is 0.158. The first-order valence-corrected chi connectivity index (χ1v) is 8.07. The zero-order valence-electron chi connectivity index (χ0n) is 13.9. The van der Waals surface area contributed by atoms with Crippen molar-refractivity contribution in [1.29, 1.82) is 0 Å². The molecule has 4 amide bonds. The van der Waals surface area contributed by atoms with Crippen LogP contribution in [0.1, 0.15) is 39.1 Å². The lowest BCUT2D eigenvalue weighted by atomic mass is 10.1. The Bertz CT molecular complexity index is 857. The number of primary amides is 1. The molecule has 0 aromatic heterocycles. The van der Waals surface area contributed by atoms with Gasteiger partial charge in [0.25, 0.3) is 5.91 Å². The molecule has 1 saturated heterocycles. The number of rotatable bonds is 5.